The molecule has 0 unspecified atom stereocenters. The first-order valence-corrected chi connectivity index (χ1v) is 8.69. The molecule has 138 valence electrons. The van der Waals surface area contributed by atoms with E-state index in [-0.39, 0.29) is 19.1 Å². The van der Waals surface area contributed by atoms with Crippen molar-refractivity contribution in [1.82, 2.24) is 5.01 Å². The SMILES string of the molecule is O=C(OCC(=O)N1CCC(c2ccccc2)=N1)[C@H]1COc2ccccc2O1. The van der Waals surface area contributed by atoms with Crippen LogP contribution >= 0.6 is 0 Å². The van der Waals surface area contributed by atoms with Crippen LogP contribution in [-0.2, 0) is 14.3 Å². The predicted molar refractivity (Wildman–Crippen MR) is 96.6 cm³/mol. The third-order valence-electron chi connectivity index (χ3n) is 4.31. The number of hydrazone groups is 1. The van der Waals surface area contributed by atoms with Crippen LogP contribution < -0.4 is 9.47 Å². The molecular formula is C20H18N2O5. The summed E-state index contributed by atoms with van der Waals surface area (Å²) < 4.78 is 16.2. The summed E-state index contributed by atoms with van der Waals surface area (Å²) in [6.45, 7) is 0.132. The number of ether oxygens (including phenoxy) is 3. The molecule has 4 rings (SSSR count). The van der Waals surface area contributed by atoms with Gasteiger partial charge in [0.05, 0.1) is 12.3 Å². The first-order valence-electron chi connectivity index (χ1n) is 8.69. The summed E-state index contributed by atoms with van der Waals surface area (Å²) in [5.41, 5.74) is 1.83. The highest BCUT2D eigenvalue weighted by Crippen LogP contribution is 2.31. The van der Waals surface area contributed by atoms with Crippen molar-refractivity contribution in [3.63, 3.8) is 0 Å². The normalized spacial score (nSPS) is 18.0. The van der Waals surface area contributed by atoms with Crippen molar-refractivity contribution in [3.05, 3.63) is 60.2 Å². The number of amides is 1. The van der Waals surface area contributed by atoms with Gasteiger partial charge in [0, 0.05) is 6.42 Å². The van der Waals surface area contributed by atoms with Gasteiger partial charge >= 0.3 is 5.97 Å². The molecule has 0 bridgehead atoms. The summed E-state index contributed by atoms with van der Waals surface area (Å²) in [7, 11) is 0. The molecule has 1 atom stereocenters. The number of hydrogen-bond acceptors (Lipinski definition) is 6. The zero-order valence-corrected chi connectivity index (χ0v) is 14.5. The van der Waals surface area contributed by atoms with E-state index in [1.807, 2.05) is 36.4 Å². The zero-order chi connectivity index (χ0) is 18.6. The number of esters is 1. The van der Waals surface area contributed by atoms with Gasteiger partial charge in [-0.2, -0.15) is 5.10 Å². The molecule has 0 fully saturated rings. The van der Waals surface area contributed by atoms with E-state index in [0.29, 0.717) is 24.5 Å². The molecule has 0 N–H and O–H groups in total. The largest absolute Gasteiger partial charge is 0.485 e. The van der Waals surface area contributed by atoms with Crippen LogP contribution in [0.4, 0.5) is 0 Å². The van der Waals surface area contributed by atoms with Gasteiger partial charge in [-0.25, -0.2) is 9.80 Å². The molecule has 2 heterocycles. The van der Waals surface area contributed by atoms with Crippen molar-refractivity contribution in [2.75, 3.05) is 19.8 Å². The van der Waals surface area contributed by atoms with Crippen LogP contribution in [0.2, 0.25) is 0 Å². The number of benzene rings is 2. The van der Waals surface area contributed by atoms with Gasteiger partial charge in [-0.1, -0.05) is 42.5 Å². The fourth-order valence-corrected chi connectivity index (χ4v) is 2.91. The van der Waals surface area contributed by atoms with Gasteiger partial charge in [-0.15, -0.1) is 0 Å². The lowest BCUT2D eigenvalue weighted by Gasteiger charge is -2.25. The average Bonchev–Trinajstić information content (AvgIpc) is 3.22. The molecule has 7 nitrogen and oxygen atoms in total. The lowest BCUT2D eigenvalue weighted by atomic mass is 10.1. The van der Waals surface area contributed by atoms with Gasteiger partial charge < -0.3 is 14.2 Å². The molecule has 0 saturated heterocycles. The molecule has 0 aliphatic carbocycles. The molecule has 2 aromatic carbocycles. The topological polar surface area (TPSA) is 77.4 Å². The highest BCUT2D eigenvalue weighted by molar-refractivity contribution is 6.02. The highest BCUT2D eigenvalue weighted by atomic mass is 16.6. The minimum Gasteiger partial charge on any atom is -0.485 e. The third kappa shape index (κ3) is 3.76. The fourth-order valence-electron chi connectivity index (χ4n) is 2.91. The number of hydrogen-bond donors (Lipinski definition) is 0. The quantitative estimate of drug-likeness (QED) is 0.774. The Morgan fingerprint density at radius 2 is 1.81 bits per heavy atom. The number of rotatable bonds is 4. The maximum Gasteiger partial charge on any atom is 0.351 e. The monoisotopic (exact) mass is 366 g/mol. The summed E-state index contributed by atoms with van der Waals surface area (Å²) in [5.74, 6) is 0.0573. The number of fused-ring (bicyclic) bond motifs is 1. The number of carbonyl (C=O) groups is 2. The second kappa shape index (κ2) is 7.49. The molecule has 2 aliphatic rings. The maximum atomic E-state index is 12.3. The highest BCUT2D eigenvalue weighted by Gasteiger charge is 2.30. The van der Waals surface area contributed by atoms with Crippen molar-refractivity contribution >= 4 is 17.6 Å². The zero-order valence-electron chi connectivity index (χ0n) is 14.5. The molecule has 27 heavy (non-hydrogen) atoms. The summed E-state index contributed by atoms with van der Waals surface area (Å²) in [6, 6.07) is 16.8. The van der Waals surface area contributed by atoms with Gasteiger partial charge in [0.2, 0.25) is 6.10 Å². The third-order valence-corrected chi connectivity index (χ3v) is 4.31. The van der Waals surface area contributed by atoms with Crippen LogP contribution in [0, 0.1) is 0 Å². The first-order chi connectivity index (χ1) is 13.2. The van der Waals surface area contributed by atoms with Crippen LogP contribution in [0.1, 0.15) is 12.0 Å². The van der Waals surface area contributed by atoms with Crippen LogP contribution in [0.5, 0.6) is 11.5 Å². The first kappa shape index (κ1) is 17.1. The van der Waals surface area contributed by atoms with Crippen LogP contribution in [-0.4, -0.2) is 48.5 Å². The molecule has 0 spiro atoms. The van der Waals surface area contributed by atoms with E-state index in [2.05, 4.69) is 5.10 Å². The lowest BCUT2D eigenvalue weighted by molar-refractivity contribution is -0.160. The summed E-state index contributed by atoms with van der Waals surface area (Å²) in [4.78, 5) is 24.5. The Kier molecular flexibility index (Phi) is 4.74. The standard InChI is InChI=1S/C20H18N2O5/c23-19(22-11-10-15(21-22)14-6-2-1-3-7-14)13-26-20(24)18-12-25-16-8-4-5-9-17(16)27-18/h1-9,18H,10-13H2/t18-/m1/s1. The van der Waals surface area contributed by atoms with E-state index in [4.69, 9.17) is 14.2 Å². The van der Waals surface area contributed by atoms with Gasteiger partial charge in [-0.3, -0.25) is 4.79 Å². The van der Waals surface area contributed by atoms with Gasteiger partial charge in [-0.05, 0) is 17.7 Å². The van der Waals surface area contributed by atoms with Crippen LogP contribution in [0.25, 0.3) is 0 Å². The maximum absolute atomic E-state index is 12.3. The molecule has 7 heteroatoms. The van der Waals surface area contributed by atoms with Crippen molar-refractivity contribution in [2.24, 2.45) is 5.10 Å². The molecule has 0 radical (unpaired) electrons. The second-order valence-corrected chi connectivity index (χ2v) is 6.15. The Morgan fingerprint density at radius 1 is 1.07 bits per heavy atom. The van der Waals surface area contributed by atoms with Gasteiger partial charge in [0.1, 0.15) is 6.61 Å². The fraction of sp³-hybridized carbons (Fsp3) is 0.250. The van der Waals surface area contributed by atoms with Crippen LogP contribution in [0.15, 0.2) is 59.7 Å². The molecule has 0 aromatic heterocycles. The van der Waals surface area contributed by atoms with Crippen molar-refractivity contribution in [2.45, 2.75) is 12.5 Å². The Balaban J connectivity index is 1.31. The van der Waals surface area contributed by atoms with Crippen molar-refractivity contribution in [3.8, 4) is 11.5 Å². The average molecular weight is 366 g/mol. The molecule has 2 aliphatic heterocycles. The van der Waals surface area contributed by atoms with Gasteiger partial charge in [0.25, 0.3) is 5.91 Å². The van der Waals surface area contributed by atoms with Crippen molar-refractivity contribution in [1.29, 1.82) is 0 Å². The Hall–Kier alpha value is -3.35. The van der Waals surface area contributed by atoms with E-state index in [0.717, 1.165) is 11.3 Å². The van der Waals surface area contributed by atoms with E-state index in [1.165, 1.54) is 5.01 Å². The molecular weight excluding hydrogens is 348 g/mol. The summed E-state index contributed by atoms with van der Waals surface area (Å²) in [6.07, 6.45) is -0.227. The Bertz CT molecular complexity index is 881. The lowest BCUT2D eigenvalue weighted by Crippen LogP contribution is -2.39. The van der Waals surface area contributed by atoms with Crippen LogP contribution in [0.3, 0.4) is 0 Å². The van der Waals surface area contributed by atoms with Gasteiger partial charge in [0.15, 0.2) is 18.1 Å². The van der Waals surface area contributed by atoms with E-state index in [1.54, 1.807) is 18.2 Å². The molecule has 0 saturated carbocycles. The van der Waals surface area contributed by atoms with E-state index < -0.39 is 12.1 Å². The number of carbonyl (C=O) groups excluding carboxylic acids is 2. The number of para-hydroxylation sites is 2. The predicted octanol–water partition coefficient (Wildman–Crippen LogP) is 2.01. The Labute approximate surface area is 156 Å². The number of nitrogens with zero attached hydrogens (tertiary/aromatic N) is 2. The minimum atomic E-state index is -0.894. The van der Waals surface area contributed by atoms with E-state index >= 15 is 0 Å². The smallest absolute Gasteiger partial charge is 0.351 e. The Morgan fingerprint density at radius 3 is 2.63 bits per heavy atom. The second-order valence-electron chi connectivity index (χ2n) is 6.15. The molecule has 2 aromatic rings. The summed E-state index contributed by atoms with van der Waals surface area (Å²) in [5, 5.41) is 5.67. The summed E-state index contributed by atoms with van der Waals surface area (Å²) >= 11 is 0. The minimum absolute atomic E-state index is 0.0457. The molecule has 1 amide bonds. The van der Waals surface area contributed by atoms with E-state index in [9.17, 15) is 9.59 Å². The van der Waals surface area contributed by atoms with Crippen molar-refractivity contribution < 1.29 is 23.8 Å².